The molecule has 1 aliphatic rings. The van der Waals surface area contributed by atoms with Crippen LogP contribution in [0, 0.1) is 5.92 Å². The van der Waals surface area contributed by atoms with Crippen molar-refractivity contribution < 1.29 is 14.3 Å². The first-order chi connectivity index (χ1) is 9.13. The molecule has 19 heavy (non-hydrogen) atoms. The van der Waals surface area contributed by atoms with Crippen molar-refractivity contribution in [3.63, 3.8) is 0 Å². The number of rotatable bonds is 7. The molecule has 7 heteroatoms. The Hall–Kier alpha value is -1.34. The third-order valence-electron chi connectivity index (χ3n) is 3.06. The summed E-state index contributed by atoms with van der Waals surface area (Å²) >= 11 is 1.20. The summed E-state index contributed by atoms with van der Waals surface area (Å²) in [6.07, 6.45) is 2.57. The van der Waals surface area contributed by atoms with E-state index in [1.807, 2.05) is 11.9 Å². The highest BCUT2D eigenvalue weighted by Crippen LogP contribution is 2.30. The fourth-order valence-electron chi connectivity index (χ4n) is 1.69. The van der Waals surface area contributed by atoms with Crippen LogP contribution in [0.4, 0.5) is 10.8 Å². The number of ether oxygens (including phenoxy) is 2. The number of methoxy groups -OCH3 is 1. The van der Waals surface area contributed by atoms with Crippen molar-refractivity contribution in [3.05, 3.63) is 5.56 Å². The second kappa shape index (κ2) is 6.21. The van der Waals surface area contributed by atoms with Crippen LogP contribution in [0.2, 0.25) is 0 Å². The third-order valence-corrected chi connectivity index (χ3v) is 4.03. The second-order valence-electron chi connectivity index (χ2n) is 4.68. The molecular weight excluding hydrogens is 266 g/mol. The molecule has 1 aromatic rings. The number of carbonyl (C=O) groups is 1. The molecule has 106 valence electrons. The number of esters is 1. The van der Waals surface area contributed by atoms with E-state index < -0.39 is 5.97 Å². The molecule has 0 spiro atoms. The van der Waals surface area contributed by atoms with E-state index in [0.717, 1.165) is 17.5 Å². The number of aromatic nitrogens is 1. The van der Waals surface area contributed by atoms with Crippen LogP contribution in [-0.4, -0.2) is 44.3 Å². The molecule has 1 fully saturated rings. The number of nitrogens with zero attached hydrogens (tertiary/aromatic N) is 2. The van der Waals surface area contributed by atoms with Crippen LogP contribution in [0.3, 0.4) is 0 Å². The number of nitrogens with two attached hydrogens (primary N) is 1. The van der Waals surface area contributed by atoms with Crippen LogP contribution in [0.15, 0.2) is 0 Å². The van der Waals surface area contributed by atoms with Crippen molar-refractivity contribution in [2.75, 3.05) is 44.5 Å². The standard InChI is InChI=1S/C12H19N3O3S/c1-15(5-6-18-7-8-3-4-8)11-9(12(16)17-2)10(13)14-19-11/h8H,3-7H2,1-2H3,(H2,13,14). The van der Waals surface area contributed by atoms with Gasteiger partial charge < -0.3 is 20.1 Å². The molecular formula is C12H19N3O3S. The van der Waals surface area contributed by atoms with Gasteiger partial charge in [0.25, 0.3) is 0 Å². The topological polar surface area (TPSA) is 77.7 Å². The molecule has 1 heterocycles. The van der Waals surface area contributed by atoms with E-state index in [1.54, 1.807) is 0 Å². The monoisotopic (exact) mass is 285 g/mol. The van der Waals surface area contributed by atoms with Gasteiger partial charge in [-0.15, -0.1) is 0 Å². The van der Waals surface area contributed by atoms with E-state index in [0.29, 0.717) is 18.7 Å². The second-order valence-corrected chi connectivity index (χ2v) is 5.43. The average molecular weight is 285 g/mol. The predicted molar refractivity (Wildman–Crippen MR) is 74.7 cm³/mol. The average Bonchev–Trinajstić information content (AvgIpc) is 3.15. The largest absolute Gasteiger partial charge is 0.465 e. The zero-order valence-corrected chi connectivity index (χ0v) is 12.0. The van der Waals surface area contributed by atoms with Crippen LogP contribution in [-0.2, 0) is 9.47 Å². The molecule has 0 aromatic carbocycles. The number of hydrogen-bond acceptors (Lipinski definition) is 7. The van der Waals surface area contributed by atoms with E-state index in [1.165, 1.54) is 31.5 Å². The van der Waals surface area contributed by atoms with Gasteiger partial charge in [0.1, 0.15) is 10.6 Å². The predicted octanol–water partition coefficient (Wildman–Crippen LogP) is 1.37. The van der Waals surface area contributed by atoms with Gasteiger partial charge in [0, 0.05) is 20.2 Å². The first-order valence-corrected chi connectivity index (χ1v) is 7.03. The van der Waals surface area contributed by atoms with Gasteiger partial charge >= 0.3 is 5.97 Å². The highest BCUT2D eigenvalue weighted by Gasteiger charge is 2.23. The highest BCUT2D eigenvalue weighted by molar-refractivity contribution is 7.11. The summed E-state index contributed by atoms with van der Waals surface area (Å²) in [7, 11) is 3.22. The van der Waals surface area contributed by atoms with Gasteiger partial charge in [0.05, 0.1) is 13.7 Å². The van der Waals surface area contributed by atoms with Gasteiger partial charge in [0.2, 0.25) is 0 Å². The van der Waals surface area contributed by atoms with E-state index in [-0.39, 0.29) is 5.82 Å². The van der Waals surface area contributed by atoms with Crippen LogP contribution in [0.5, 0.6) is 0 Å². The minimum atomic E-state index is -0.452. The van der Waals surface area contributed by atoms with Gasteiger partial charge in [-0.05, 0) is 30.3 Å². The van der Waals surface area contributed by atoms with Gasteiger partial charge in [-0.1, -0.05) is 0 Å². The maximum absolute atomic E-state index is 11.7. The van der Waals surface area contributed by atoms with Crippen molar-refractivity contribution in [2.24, 2.45) is 5.92 Å². The lowest BCUT2D eigenvalue weighted by molar-refractivity contribution is 0.0603. The molecule has 0 saturated heterocycles. The fraction of sp³-hybridized carbons (Fsp3) is 0.667. The first-order valence-electron chi connectivity index (χ1n) is 6.25. The number of nitrogen functional groups attached to an aromatic ring is 1. The van der Waals surface area contributed by atoms with Gasteiger partial charge in [-0.3, -0.25) is 0 Å². The van der Waals surface area contributed by atoms with Crippen molar-refractivity contribution in [2.45, 2.75) is 12.8 Å². The molecule has 0 atom stereocenters. The number of likely N-dealkylation sites (N-methyl/N-ethyl adjacent to an activating group) is 1. The van der Waals surface area contributed by atoms with E-state index in [2.05, 4.69) is 4.37 Å². The Morgan fingerprint density at radius 2 is 2.32 bits per heavy atom. The minimum absolute atomic E-state index is 0.220. The molecule has 0 amide bonds. The molecule has 1 saturated carbocycles. The van der Waals surface area contributed by atoms with Crippen molar-refractivity contribution in [3.8, 4) is 0 Å². The zero-order valence-electron chi connectivity index (χ0n) is 11.2. The van der Waals surface area contributed by atoms with Gasteiger partial charge in [0.15, 0.2) is 5.82 Å². The maximum atomic E-state index is 11.7. The quantitative estimate of drug-likeness (QED) is 0.602. The molecule has 1 aromatic heterocycles. The van der Waals surface area contributed by atoms with Crippen LogP contribution < -0.4 is 10.6 Å². The highest BCUT2D eigenvalue weighted by atomic mass is 32.1. The molecule has 1 aliphatic carbocycles. The summed E-state index contributed by atoms with van der Waals surface area (Å²) < 4.78 is 14.3. The number of hydrogen-bond donors (Lipinski definition) is 1. The lowest BCUT2D eigenvalue weighted by Gasteiger charge is -2.17. The molecule has 0 unspecified atom stereocenters. The molecule has 2 N–H and O–H groups in total. The van der Waals surface area contributed by atoms with Gasteiger partial charge in [-0.25, -0.2) is 4.79 Å². The molecule has 0 aliphatic heterocycles. The lowest BCUT2D eigenvalue weighted by atomic mass is 10.3. The summed E-state index contributed by atoms with van der Waals surface area (Å²) in [5.41, 5.74) is 6.04. The van der Waals surface area contributed by atoms with Crippen molar-refractivity contribution in [1.29, 1.82) is 0 Å². The van der Waals surface area contributed by atoms with Crippen LogP contribution >= 0.6 is 11.5 Å². The van der Waals surface area contributed by atoms with Crippen molar-refractivity contribution >= 4 is 28.3 Å². The smallest absolute Gasteiger partial charge is 0.344 e. The van der Waals surface area contributed by atoms with Crippen LogP contribution in [0.1, 0.15) is 23.2 Å². The Kier molecular flexibility index (Phi) is 4.60. The van der Waals surface area contributed by atoms with E-state index in [9.17, 15) is 4.79 Å². The maximum Gasteiger partial charge on any atom is 0.344 e. The van der Waals surface area contributed by atoms with Crippen LogP contribution in [0.25, 0.3) is 0 Å². The van der Waals surface area contributed by atoms with Crippen molar-refractivity contribution in [1.82, 2.24) is 4.37 Å². The Morgan fingerprint density at radius 3 is 2.95 bits per heavy atom. The third kappa shape index (κ3) is 3.57. The normalized spacial score (nSPS) is 14.4. The summed E-state index contributed by atoms with van der Waals surface area (Å²) in [6, 6.07) is 0. The first kappa shape index (κ1) is 14.1. The minimum Gasteiger partial charge on any atom is -0.465 e. The number of anilines is 2. The Bertz CT molecular complexity index is 445. The summed E-state index contributed by atoms with van der Waals surface area (Å²) in [4.78, 5) is 13.6. The molecule has 2 rings (SSSR count). The Labute approximate surface area is 116 Å². The summed E-state index contributed by atoms with van der Waals surface area (Å²) in [5, 5.41) is 0.722. The summed E-state index contributed by atoms with van der Waals surface area (Å²) in [6.45, 7) is 2.16. The fourth-order valence-corrected chi connectivity index (χ4v) is 2.47. The van der Waals surface area contributed by atoms with Gasteiger partial charge in [-0.2, -0.15) is 4.37 Å². The molecule has 0 bridgehead atoms. The van der Waals surface area contributed by atoms with E-state index in [4.69, 9.17) is 15.2 Å². The molecule has 0 radical (unpaired) electrons. The van der Waals surface area contributed by atoms with E-state index >= 15 is 0 Å². The zero-order chi connectivity index (χ0) is 13.8. The lowest BCUT2D eigenvalue weighted by Crippen LogP contribution is -2.24. The Balaban J connectivity index is 1.89. The SMILES string of the molecule is COC(=O)c1c(N)nsc1N(C)CCOCC1CC1. The summed E-state index contributed by atoms with van der Waals surface area (Å²) in [5.74, 6) is 0.527. The number of carbonyl (C=O) groups excluding carboxylic acids is 1. The molecule has 6 nitrogen and oxygen atoms in total. The Morgan fingerprint density at radius 1 is 1.58 bits per heavy atom.